The van der Waals surface area contributed by atoms with Crippen molar-refractivity contribution in [1.82, 2.24) is 10.6 Å². The average molecular weight is 287 g/mol. The molecule has 1 aromatic rings. The molecule has 0 bridgehead atoms. The number of hydrogen-bond acceptors (Lipinski definition) is 3. The smallest absolute Gasteiger partial charge is 0.315 e. The van der Waals surface area contributed by atoms with Crippen LogP contribution in [0.25, 0.3) is 0 Å². The molecule has 0 heterocycles. The summed E-state index contributed by atoms with van der Waals surface area (Å²) in [7, 11) is 0. The Morgan fingerprint density at radius 2 is 1.86 bits per heavy atom. The molecule has 0 radical (unpaired) electrons. The number of nitrogens with zero attached hydrogens (tertiary/aromatic N) is 1. The zero-order valence-corrected chi connectivity index (χ0v) is 12.1. The summed E-state index contributed by atoms with van der Waals surface area (Å²) in [6, 6.07) is 8.84. The van der Waals surface area contributed by atoms with Crippen LogP contribution >= 0.6 is 0 Å². The number of amides is 2. The largest absolute Gasteiger partial charge is 0.388 e. The molecule has 0 atom stereocenters. The highest BCUT2D eigenvalue weighted by atomic mass is 16.3. The minimum Gasteiger partial charge on any atom is -0.388 e. The summed E-state index contributed by atoms with van der Waals surface area (Å²) in [6.07, 6.45) is 4.70. The van der Waals surface area contributed by atoms with Gasteiger partial charge in [0.2, 0.25) is 0 Å². The summed E-state index contributed by atoms with van der Waals surface area (Å²) in [5.41, 5.74) is 0.785. The van der Waals surface area contributed by atoms with E-state index < -0.39 is 5.60 Å². The van der Waals surface area contributed by atoms with Gasteiger partial charge < -0.3 is 15.7 Å². The van der Waals surface area contributed by atoms with Crippen LogP contribution in [0.1, 0.15) is 43.2 Å². The molecule has 1 saturated carbocycles. The Bertz CT molecular complexity index is 513. The quantitative estimate of drug-likeness (QED) is 0.792. The molecule has 0 aromatic heterocycles. The van der Waals surface area contributed by atoms with Gasteiger partial charge in [-0.25, -0.2) is 4.79 Å². The van der Waals surface area contributed by atoms with Crippen LogP contribution in [-0.4, -0.2) is 23.3 Å². The predicted molar refractivity (Wildman–Crippen MR) is 79.4 cm³/mol. The summed E-state index contributed by atoms with van der Waals surface area (Å²) >= 11 is 0. The first kappa shape index (κ1) is 15.3. The molecule has 5 heteroatoms. The lowest BCUT2D eigenvalue weighted by Gasteiger charge is -2.32. The standard InChI is InChI=1S/C16H21N3O2/c17-10-13-4-6-14(7-5-13)11-18-15(20)19-12-16(21)8-2-1-3-9-16/h4-7,21H,1-3,8-9,11-12H2,(H2,18,19,20). The lowest BCUT2D eigenvalue weighted by Crippen LogP contribution is -2.47. The van der Waals surface area contributed by atoms with Gasteiger partial charge in [0.25, 0.3) is 0 Å². The third-order valence-corrected chi connectivity index (χ3v) is 3.90. The third-order valence-electron chi connectivity index (χ3n) is 3.90. The Balaban J connectivity index is 1.73. The summed E-state index contributed by atoms with van der Waals surface area (Å²) in [6.45, 7) is 0.697. The van der Waals surface area contributed by atoms with Crippen molar-refractivity contribution in [3.05, 3.63) is 35.4 Å². The van der Waals surface area contributed by atoms with E-state index in [-0.39, 0.29) is 6.03 Å². The van der Waals surface area contributed by atoms with Gasteiger partial charge in [0.05, 0.1) is 17.2 Å². The average Bonchev–Trinajstić information content (AvgIpc) is 2.52. The summed E-state index contributed by atoms with van der Waals surface area (Å²) in [5.74, 6) is 0. The van der Waals surface area contributed by atoms with E-state index in [0.29, 0.717) is 18.7 Å². The van der Waals surface area contributed by atoms with E-state index in [1.54, 1.807) is 12.1 Å². The van der Waals surface area contributed by atoms with Crippen LogP contribution in [0.2, 0.25) is 0 Å². The Morgan fingerprint density at radius 3 is 2.48 bits per heavy atom. The number of nitriles is 1. The van der Waals surface area contributed by atoms with E-state index in [0.717, 1.165) is 37.7 Å². The van der Waals surface area contributed by atoms with Crippen LogP contribution < -0.4 is 10.6 Å². The lowest BCUT2D eigenvalue weighted by molar-refractivity contribution is 0.00719. The minimum absolute atomic E-state index is 0.279. The molecule has 0 unspecified atom stereocenters. The Labute approximate surface area is 125 Å². The van der Waals surface area contributed by atoms with Gasteiger partial charge in [0, 0.05) is 13.1 Å². The maximum Gasteiger partial charge on any atom is 0.315 e. The molecule has 21 heavy (non-hydrogen) atoms. The van der Waals surface area contributed by atoms with Crippen LogP contribution in [0, 0.1) is 11.3 Å². The minimum atomic E-state index is -0.746. The lowest BCUT2D eigenvalue weighted by atomic mass is 9.85. The van der Waals surface area contributed by atoms with Gasteiger partial charge in [-0.2, -0.15) is 5.26 Å². The van der Waals surface area contributed by atoms with Gasteiger partial charge in [-0.05, 0) is 30.5 Å². The molecule has 1 fully saturated rings. The summed E-state index contributed by atoms with van der Waals surface area (Å²) in [4.78, 5) is 11.7. The highest BCUT2D eigenvalue weighted by Gasteiger charge is 2.29. The van der Waals surface area contributed by atoms with E-state index in [1.165, 1.54) is 0 Å². The van der Waals surface area contributed by atoms with Crippen LogP contribution in [0.4, 0.5) is 4.79 Å². The maximum absolute atomic E-state index is 11.7. The predicted octanol–water partition coefficient (Wildman–Crippen LogP) is 2.05. The summed E-state index contributed by atoms with van der Waals surface area (Å²) < 4.78 is 0. The molecule has 112 valence electrons. The zero-order chi connectivity index (χ0) is 15.1. The van der Waals surface area contributed by atoms with E-state index in [2.05, 4.69) is 16.7 Å². The second-order valence-electron chi connectivity index (χ2n) is 5.63. The molecule has 3 N–H and O–H groups in total. The molecular weight excluding hydrogens is 266 g/mol. The molecule has 0 aliphatic heterocycles. The molecule has 1 aliphatic rings. The molecule has 1 aliphatic carbocycles. The van der Waals surface area contributed by atoms with Crippen molar-refractivity contribution in [3.8, 4) is 6.07 Å². The number of benzene rings is 1. The summed E-state index contributed by atoms with van der Waals surface area (Å²) in [5, 5.41) is 24.5. The molecule has 0 saturated heterocycles. The van der Waals surface area contributed by atoms with Gasteiger partial charge >= 0.3 is 6.03 Å². The van der Waals surface area contributed by atoms with Gasteiger partial charge in [-0.15, -0.1) is 0 Å². The number of urea groups is 1. The molecule has 2 rings (SSSR count). The fourth-order valence-electron chi connectivity index (χ4n) is 2.57. The monoisotopic (exact) mass is 287 g/mol. The van der Waals surface area contributed by atoms with Crippen LogP contribution in [0.15, 0.2) is 24.3 Å². The van der Waals surface area contributed by atoms with Crippen molar-refractivity contribution in [1.29, 1.82) is 5.26 Å². The first-order valence-corrected chi connectivity index (χ1v) is 7.34. The van der Waals surface area contributed by atoms with Crippen molar-refractivity contribution in [2.75, 3.05) is 6.54 Å². The fourth-order valence-corrected chi connectivity index (χ4v) is 2.57. The highest BCUT2D eigenvalue weighted by Crippen LogP contribution is 2.27. The molecule has 2 amide bonds. The number of nitrogens with one attached hydrogen (secondary N) is 2. The Morgan fingerprint density at radius 1 is 1.19 bits per heavy atom. The van der Waals surface area contributed by atoms with Crippen molar-refractivity contribution >= 4 is 6.03 Å². The second-order valence-corrected chi connectivity index (χ2v) is 5.63. The topological polar surface area (TPSA) is 85.2 Å². The van der Waals surface area contributed by atoms with Gasteiger partial charge in [-0.1, -0.05) is 31.4 Å². The number of hydrogen-bond donors (Lipinski definition) is 3. The first-order chi connectivity index (χ1) is 10.1. The van der Waals surface area contributed by atoms with E-state index in [4.69, 9.17) is 5.26 Å². The highest BCUT2D eigenvalue weighted by molar-refractivity contribution is 5.73. The number of aliphatic hydroxyl groups is 1. The Hall–Kier alpha value is -2.06. The van der Waals surface area contributed by atoms with Crippen LogP contribution in [-0.2, 0) is 6.54 Å². The second kappa shape index (κ2) is 7.09. The van der Waals surface area contributed by atoms with Crippen molar-refractivity contribution in [3.63, 3.8) is 0 Å². The number of carbonyl (C=O) groups is 1. The third kappa shape index (κ3) is 4.76. The normalized spacial score (nSPS) is 16.8. The van der Waals surface area contributed by atoms with E-state index >= 15 is 0 Å². The van der Waals surface area contributed by atoms with E-state index in [1.807, 2.05) is 12.1 Å². The van der Waals surface area contributed by atoms with Gasteiger partial charge in [-0.3, -0.25) is 0 Å². The van der Waals surface area contributed by atoms with Crippen LogP contribution in [0.3, 0.4) is 0 Å². The number of carbonyl (C=O) groups excluding carboxylic acids is 1. The van der Waals surface area contributed by atoms with Crippen molar-refractivity contribution in [2.24, 2.45) is 0 Å². The van der Waals surface area contributed by atoms with Gasteiger partial charge in [0.15, 0.2) is 0 Å². The first-order valence-electron chi connectivity index (χ1n) is 7.34. The molecule has 1 aromatic carbocycles. The zero-order valence-electron chi connectivity index (χ0n) is 12.1. The van der Waals surface area contributed by atoms with Crippen LogP contribution in [0.5, 0.6) is 0 Å². The van der Waals surface area contributed by atoms with Gasteiger partial charge in [0.1, 0.15) is 0 Å². The van der Waals surface area contributed by atoms with Crippen molar-refractivity contribution in [2.45, 2.75) is 44.2 Å². The van der Waals surface area contributed by atoms with E-state index in [9.17, 15) is 9.90 Å². The Kier molecular flexibility index (Phi) is 5.18. The maximum atomic E-state index is 11.7. The SMILES string of the molecule is N#Cc1ccc(CNC(=O)NCC2(O)CCCCC2)cc1. The molecule has 5 nitrogen and oxygen atoms in total. The molecule has 0 spiro atoms. The van der Waals surface area contributed by atoms with Crippen molar-refractivity contribution < 1.29 is 9.90 Å². The molecular formula is C16H21N3O2. The number of rotatable bonds is 4. The fraction of sp³-hybridized carbons (Fsp3) is 0.500.